The quantitative estimate of drug-likeness (QED) is 0.624. The summed E-state index contributed by atoms with van der Waals surface area (Å²) in [6, 6.07) is 0. The Labute approximate surface area is 113 Å². The molecule has 0 bridgehead atoms. The van der Waals surface area contributed by atoms with E-state index in [9.17, 15) is 4.79 Å². The van der Waals surface area contributed by atoms with Crippen molar-refractivity contribution in [3.63, 3.8) is 0 Å². The predicted molar refractivity (Wildman–Crippen MR) is 76.6 cm³/mol. The van der Waals surface area contributed by atoms with Crippen molar-refractivity contribution in [2.24, 2.45) is 5.92 Å². The van der Waals surface area contributed by atoms with Crippen LogP contribution in [0.4, 0.5) is 0 Å². The maximum absolute atomic E-state index is 11.7. The molecule has 0 aliphatic carbocycles. The fourth-order valence-electron chi connectivity index (χ4n) is 1.93. The van der Waals surface area contributed by atoms with Crippen LogP contribution in [0.2, 0.25) is 0 Å². The van der Waals surface area contributed by atoms with Crippen LogP contribution in [0.3, 0.4) is 0 Å². The Balaban J connectivity index is 4.03. The highest BCUT2D eigenvalue weighted by Crippen LogP contribution is 2.11. The third kappa shape index (κ3) is 8.51. The number of ether oxygens (including phenoxy) is 1. The number of rotatable bonds is 8. The second-order valence-corrected chi connectivity index (χ2v) is 5.91. The molecule has 0 fully saturated rings. The molecule has 0 atom stereocenters. The summed E-state index contributed by atoms with van der Waals surface area (Å²) in [7, 11) is 0. The summed E-state index contributed by atoms with van der Waals surface area (Å²) in [4.78, 5) is 14.0. The second kappa shape index (κ2) is 8.52. The summed E-state index contributed by atoms with van der Waals surface area (Å²) < 4.78 is 5.32. The molecule has 0 aromatic carbocycles. The second-order valence-electron chi connectivity index (χ2n) is 5.91. The molecular weight excluding hydrogens is 226 g/mol. The Hall–Kier alpha value is -0.570. The smallest absolute Gasteiger partial charge is 0.307 e. The molecule has 0 aliphatic heterocycles. The van der Waals surface area contributed by atoms with E-state index >= 15 is 0 Å². The van der Waals surface area contributed by atoms with E-state index in [0.717, 1.165) is 25.6 Å². The lowest BCUT2D eigenvalue weighted by molar-refractivity contribution is -0.155. The SMILES string of the molecule is CCC(CC)CN(CC)CCC(=O)OC(C)(C)C. The zero-order chi connectivity index (χ0) is 14.2. The zero-order valence-electron chi connectivity index (χ0n) is 13.1. The minimum Gasteiger partial charge on any atom is -0.460 e. The molecule has 0 radical (unpaired) electrons. The summed E-state index contributed by atoms with van der Waals surface area (Å²) >= 11 is 0. The van der Waals surface area contributed by atoms with Crippen molar-refractivity contribution in [2.45, 2.75) is 66.4 Å². The largest absolute Gasteiger partial charge is 0.460 e. The lowest BCUT2D eigenvalue weighted by Gasteiger charge is -2.25. The number of hydrogen-bond acceptors (Lipinski definition) is 3. The molecule has 18 heavy (non-hydrogen) atoms. The van der Waals surface area contributed by atoms with E-state index in [1.165, 1.54) is 12.8 Å². The maximum Gasteiger partial charge on any atom is 0.307 e. The van der Waals surface area contributed by atoms with Gasteiger partial charge in [0.2, 0.25) is 0 Å². The number of carbonyl (C=O) groups is 1. The summed E-state index contributed by atoms with van der Waals surface area (Å²) in [5.41, 5.74) is -0.372. The monoisotopic (exact) mass is 257 g/mol. The summed E-state index contributed by atoms with van der Waals surface area (Å²) in [6.07, 6.45) is 2.91. The van der Waals surface area contributed by atoms with Crippen LogP contribution in [0.1, 0.15) is 60.8 Å². The topological polar surface area (TPSA) is 29.5 Å². The van der Waals surface area contributed by atoms with E-state index in [-0.39, 0.29) is 11.6 Å². The number of carbonyl (C=O) groups excluding carboxylic acids is 1. The third-order valence-corrected chi connectivity index (χ3v) is 3.17. The molecule has 0 amide bonds. The van der Waals surface area contributed by atoms with E-state index in [1.54, 1.807) is 0 Å². The standard InChI is InChI=1S/C15H31NO2/c1-7-13(8-2)12-16(9-3)11-10-14(17)18-15(4,5)6/h13H,7-12H2,1-6H3. The van der Waals surface area contributed by atoms with E-state index in [1.807, 2.05) is 20.8 Å². The molecule has 3 nitrogen and oxygen atoms in total. The minimum absolute atomic E-state index is 0.0921. The Kier molecular flexibility index (Phi) is 8.25. The van der Waals surface area contributed by atoms with Gasteiger partial charge in [-0.25, -0.2) is 0 Å². The van der Waals surface area contributed by atoms with Gasteiger partial charge in [0.1, 0.15) is 5.60 Å². The molecule has 0 saturated heterocycles. The van der Waals surface area contributed by atoms with E-state index in [2.05, 4.69) is 25.7 Å². The highest BCUT2D eigenvalue weighted by atomic mass is 16.6. The van der Waals surface area contributed by atoms with Gasteiger partial charge >= 0.3 is 5.97 Å². The fraction of sp³-hybridized carbons (Fsp3) is 0.933. The zero-order valence-corrected chi connectivity index (χ0v) is 13.1. The average Bonchev–Trinajstić information content (AvgIpc) is 2.27. The van der Waals surface area contributed by atoms with Gasteiger partial charge in [-0.1, -0.05) is 33.6 Å². The van der Waals surface area contributed by atoms with Crippen LogP contribution in [0.5, 0.6) is 0 Å². The van der Waals surface area contributed by atoms with Crippen LogP contribution in [-0.4, -0.2) is 36.1 Å². The first-order chi connectivity index (χ1) is 8.32. The van der Waals surface area contributed by atoms with E-state index in [4.69, 9.17) is 4.74 Å². The van der Waals surface area contributed by atoms with Crippen molar-refractivity contribution in [3.05, 3.63) is 0 Å². The van der Waals surface area contributed by atoms with Gasteiger partial charge in [0.25, 0.3) is 0 Å². The maximum atomic E-state index is 11.7. The average molecular weight is 257 g/mol. The first kappa shape index (κ1) is 17.4. The number of esters is 1. The first-order valence-corrected chi connectivity index (χ1v) is 7.26. The Bertz CT molecular complexity index is 229. The lowest BCUT2D eigenvalue weighted by Crippen LogP contribution is -2.33. The molecule has 0 aliphatic rings. The van der Waals surface area contributed by atoms with Crippen molar-refractivity contribution in [2.75, 3.05) is 19.6 Å². The molecule has 0 aromatic heterocycles. The van der Waals surface area contributed by atoms with Crippen LogP contribution in [0.25, 0.3) is 0 Å². The van der Waals surface area contributed by atoms with Crippen molar-refractivity contribution in [1.82, 2.24) is 4.90 Å². The van der Waals surface area contributed by atoms with Gasteiger partial charge in [-0.05, 0) is 33.2 Å². The lowest BCUT2D eigenvalue weighted by atomic mass is 10.0. The fourth-order valence-corrected chi connectivity index (χ4v) is 1.93. The van der Waals surface area contributed by atoms with Crippen LogP contribution >= 0.6 is 0 Å². The number of nitrogens with zero attached hydrogens (tertiary/aromatic N) is 1. The molecule has 0 aromatic rings. The van der Waals surface area contributed by atoms with Gasteiger partial charge in [-0.2, -0.15) is 0 Å². The molecular formula is C15H31NO2. The minimum atomic E-state index is -0.372. The van der Waals surface area contributed by atoms with Gasteiger partial charge in [0.05, 0.1) is 6.42 Å². The van der Waals surface area contributed by atoms with Crippen LogP contribution in [-0.2, 0) is 9.53 Å². The summed E-state index contributed by atoms with van der Waals surface area (Å²) in [6.45, 7) is 15.2. The van der Waals surface area contributed by atoms with Gasteiger partial charge in [-0.15, -0.1) is 0 Å². The summed E-state index contributed by atoms with van der Waals surface area (Å²) in [5, 5.41) is 0. The van der Waals surface area contributed by atoms with Gasteiger partial charge < -0.3 is 9.64 Å². The van der Waals surface area contributed by atoms with Crippen molar-refractivity contribution in [1.29, 1.82) is 0 Å². The highest BCUT2D eigenvalue weighted by molar-refractivity contribution is 5.70. The molecule has 0 unspecified atom stereocenters. The highest BCUT2D eigenvalue weighted by Gasteiger charge is 2.17. The van der Waals surface area contributed by atoms with Crippen LogP contribution in [0, 0.1) is 5.92 Å². The molecule has 3 heteroatoms. The molecule has 108 valence electrons. The normalized spacial score (nSPS) is 12.2. The molecule has 0 spiro atoms. The summed E-state index contributed by atoms with van der Waals surface area (Å²) in [5.74, 6) is 0.647. The Morgan fingerprint density at radius 1 is 1.17 bits per heavy atom. The van der Waals surface area contributed by atoms with E-state index < -0.39 is 0 Å². The predicted octanol–water partition coefficient (Wildman–Crippen LogP) is 3.48. The van der Waals surface area contributed by atoms with E-state index in [0.29, 0.717) is 6.42 Å². The Morgan fingerprint density at radius 2 is 1.72 bits per heavy atom. The third-order valence-electron chi connectivity index (χ3n) is 3.17. The van der Waals surface area contributed by atoms with Crippen LogP contribution < -0.4 is 0 Å². The Morgan fingerprint density at radius 3 is 2.11 bits per heavy atom. The molecule has 0 saturated carbocycles. The van der Waals surface area contributed by atoms with Crippen molar-refractivity contribution >= 4 is 5.97 Å². The van der Waals surface area contributed by atoms with Crippen molar-refractivity contribution < 1.29 is 9.53 Å². The van der Waals surface area contributed by atoms with Crippen LogP contribution in [0.15, 0.2) is 0 Å². The van der Waals surface area contributed by atoms with Crippen molar-refractivity contribution in [3.8, 4) is 0 Å². The molecule has 0 rings (SSSR count). The van der Waals surface area contributed by atoms with Gasteiger partial charge in [0.15, 0.2) is 0 Å². The molecule has 0 N–H and O–H groups in total. The first-order valence-electron chi connectivity index (χ1n) is 7.26. The molecule has 0 heterocycles. The number of hydrogen-bond donors (Lipinski definition) is 0. The van der Waals surface area contributed by atoms with Gasteiger partial charge in [-0.3, -0.25) is 4.79 Å². The van der Waals surface area contributed by atoms with Gasteiger partial charge in [0, 0.05) is 13.1 Å².